The molecule has 2 aromatic carbocycles. The molecule has 0 spiro atoms. The number of likely N-dealkylation sites (N-methyl/N-ethyl adjacent to an activating group) is 1. The third kappa shape index (κ3) is 3.76. The molecule has 0 bridgehead atoms. The predicted octanol–water partition coefficient (Wildman–Crippen LogP) is 1.87. The average Bonchev–Trinajstić information content (AvgIpc) is 2.60. The van der Waals surface area contributed by atoms with Crippen molar-refractivity contribution in [1.82, 2.24) is 4.90 Å². The van der Waals surface area contributed by atoms with Crippen LogP contribution in [0.1, 0.15) is 5.56 Å². The van der Waals surface area contributed by atoms with Crippen LogP contribution in [0.3, 0.4) is 0 Å². The van der Waals surface area contributed by atoms with Gasteiger partial charge < -0.3 is 9.64 Å². The standard InChI is InChI=1S/C18H20N2O4S/c1-19(12-14-8-4-3-5-9-14)18(21)17-13-20(25(2,22)23)15-10-6-7-11-16(15)24-17/h3-11,17H,12-13H2,1-2H3/t17-/m0/s1. The van der Waals surface area contributed by atoms with Crippen molar-refractivity contribution < 1.29 is 17.9 Å². The Morgan fingerprint density at radius 1 is 1.16 bits per heavy atom. The van der Waals surface area contributed by atoms with Crippen LogP contribution in [0.5, 0.6) is 5.75 Å². The summed E-state index contributed by atoms with van der Waals surface area (Å²) < 4.78 is 31.3. The van der Waals surface area contributed by atoms with E-state index < -0.39 is 16.1 Å². The summed E-state index contributed by atoms with van der Waals surface area (Å²) in [6.45, 7) is 0.397. The Hall–Kier alpha value is -2.54. The molecule has 1 atom stereocenters. The molecule has 6 nitrogen and oxygen atoms in total. The first-order chi connectivity index (χ1) is 11.9. The molecule has 25 heavy (non-hydrogen) atoms. The molecule has 0 aromatic heterocycles. The van der Waals surface area contributed by atoms with Crippen LogP contribution in [0, 0.1) is 0 Å². The summed E-state index contributed by atoms with van der Waals surface area (Å²) in [5, 5.41) is 0. The molecule has 132 valence electrons. The van der Waals surface area contributed by atoms with Crippen molar-refractivity contribution in [3.05, 3.63) is 60.2 Å². The first-order valence-corrected chi connectivity index (χ1v) is 9.73. The highest BCUT2D eigenvalue weighted by atomic mass is 32.2. The van der Waals surface area contributed by atoms with Crippen LogP contribution in [0.4, 0.5) is 5.69 Å². The van der Waals surface area contributed by atoms with Crippen molar-refractivity contribution in [3.63, 3.8) is 0 Å². The number of benzene rings is 2. The lowest BCUT2D eigenvalue weighted by molar-refractivity contribution is -0.137. The van der Waals surface area contributed by atoms with Gasteiger partial charge in [0.2, 0.25) is 10.0 Å². The van der Waals surface area contributed by atoms with Gasteiger partial charge in [-0.2, -0.15) is 0 Å². The molecule has 1 amide bonds. The summed E-state index contributed by atoms with van der Waals surface area (Å²) in [5.41, 5.74) is 1.45. The zero-order valence-corrected chi connectivity index (χ0v) is 14.9. The number of hydrogen-bond acceptors (Lipinski definition) is 4. The number of rotatable bonds is 4. The Labute approximate surface area is 147 Å². The van der Waals surface area contributed by atoms with Crippen LogP contribution in [-0.4, -0.2) is 45.2 Å². The Morgan fingerprint density at radius 2 is 1.80 bits per heavy atom. The third-order valence-electron chi connectivity index (χ3n) is 4.05. The minimum atomic E-state index is -3.51. The monoisotopic (exact) mass is 360 g/mol. The van der Waals surface area contributed by atoms with Crippen molar-refractivity contribution in [1.29, 1.82) is 0 Å². The van der Waals surface area contributed by atoms with Crippen molar-refractivity contribution in [2.75, 3.05) is 24.2 Å². The number of carbonyl (C=O) groups excluding carboxylic acids is 1. The molecule has 1 aliphatic heterocycles. The highest BCUT2D eigenvalue weighted by molar-refractivity contribution is 7.92. The predicted molar refractivity (Wildman–Crippen MR) is 96.0 cm³/mol. The summed E-state index contributed by atoms with van der Waals surface area (Å²) in [6, 6.07) is 16.4. The van der Waals surface area contributed by atoms with Gasteiger partial charge in [-0.25, -0.2) is 8.42 Å². The fraction of sp³-hybridized carbons (Fsp3) is 0.278. The molecule has 0 N–H and O–H groups in total. The Kier molecular flexibility index (Phi) is 4.67. The van der Waals surface area contributed by atoms with Gasteiger partial charge in [-0.3, -0.25) is 9.10 Å². The maximum absolute atomic E-state index is 12.8. The van der Waals surface area contributed by atoms with Crippen molar-refractivity contribution in [2.45, 2.75) is 12.6 Å². The number of anilines is 1. The molecule has 0 saturated heterocycles. The molecule has 0 saturated carbocycles. The quantitative estimate of drug-likeness (QED) is 0.835. The largest absolute Gasteiger partial charge is 0.476 e. The second kappa shape index (κ2) is 6.76. The van der Waals surface area contributed by atoms with Gasteiger partial charge in [-0.05, 0) is 17.7 Å². The molecular weight excluding hydrogens is 340 g/mol. The lowest BCUT2D eigenvalue weighted by atomic mass is 10.2. The maximum Gasteiger partial charge on any atom is 0.265 e. The van der Waals surface area contributed by atoms with E-state index in [9.17, 15) is 13.2 Å². The first-order valence-electron chi connectivity index (χ1n) is 7.88. The number of hydrogen-bond donors (Lipinski definition) is 0. The van der Waals surface area contributed by atoms with Gasteiger partial charge in [0, 0.05) is 13.6 Å². The zero-order chi connectivity index (χ0) is 18.0. The number of carbonyl (C=O) groups is 1. The van der Waals surface area contributed by atoms with Crippen LogP contribution in [0.25, 0.3) is 0 Å². The van der Waals surface area contributed by atoms with E-state index in [4.69, 9.17) is 4.74 Å². The topological polar surface area (TPSA) is 66.9 Å². The van der Waals surface area contributed by atoms with Gasteiger partial charge in [0.1, 0.15) is 5.75 Å². The summed E-state index contributed by atoms with van der Waals surface area (Å²) >= 11 is 0. The van der Waals surface area contributed by atoms with Gasteiger partial charge in [-0.1, -0.05) is 42.5 Å². The lowest BCUT2D eigenvalue weighted by Crippen LogP contribution is -2.50. The second-order valence-electron chi connectivity index (χ2n) is 6.05. The molecule has 0 aliphatic carbocycles. The van der Waals surface area contributed by atoms with E-state index in [-0.39, 0.29) is 12.5 Å². The number of nitrogens with zero attached hydrogens (tertiary/aromatic N) is 2. The van der Waals surface area contributed by atoms with Gasteiger partial charge in [0.25, 0.3) is 5.91 Å². The molecule has 7 heteroatoms. The molecule has 0 fully saturated rings. The van der Waals surface area contributed by atoms with E-state index in [1.165, 1.54) is 4.31 Å². The smallest absolute Gasteiger partial charge is 0.265 e. The van der Waals surface area contributed by atoms with Crippen LogP contribution >= 0.6 is 0 Å². The molecule has 1 heterocycles. The van der Waals surface area contributed by atoms with E-state index in [1.807, 2.05) is 30.3 Å². The Morgan fingerprint density at radius 3 is 2.48 bits per heavy atom. The Balaban J connectivity index is 1.82. The minimum Gasteiger partial charge on any atom is -0.476 e. The van der Waals surface area contributed by atoms with E-state index >= 15 is 0 Å². The van der Waals surface area contributed by atoms with Gasteiger partial charge in [-0.15, -0.1) is 0 Å². The highest BCUT2D eigenvalue weighted by Crippen LogP contribution is 2.34. The van der Waals surface area contributed by atoms with Gasteiger partial charge in [0.05, 0.1) is 18.5 Å². The van der Waals surface area contributed by atoms with Gasteiger partial charge >= 0.3 is 0 Å². The van der Waals surface area contributed by atoms with E-state index in [0.717, 1.165) is 11.8 Å². The number of para-hydroxylation sites is 2. The fourth-order valence-corrected chi connectivity index (χ4v) is 3.74. The zero-order valence-electron chi connectivity index (χ0n) is 14.1. The van der Waals surface area contributed by atoms with Crippen LogP contribution in [-0.2, 0) is 21.4 Å². The van der Waals surface area contributed by atoms with E-state index in [1.54, 1.807) is 36.2 Å². The molecular formula is C18H20N2O4S. The van der Waals surface area contributed by atoms with Crippen molar-refractivity contribution in [3.8, 4) is 5.75 Å². The SMILES string of the molecule is CN(Cc1ccccc1)C(=O)[C@@H]1CN(S(C)(=O)=O)c2ccccc2O1. The van der Waals surface area contributed by atoms with E-state index in [2.05, 4.69) is 0 Å². The normalized spacial score (nSPS) is 16.7. The second-order valence-corrected chi connectivity index (χ2v) is 7.96. The third-order valence-corrected chi connectivity index (χ3v) is 5.20. The maximum atomic E-state index is 12.8. The van der Waals surface area contributed by atoms with Gasteiger partial charge in [0.15, 0.2) is 6.10 Å². The first kappa shape index (κ1) is 17.3. The molecule has 3 rings (SSSR count). The fourth-order valence-electron chi connectivity index (χ4n) is 2.83. The van der Waals surface area contributed by atoms with Crippen molar-refractivity contribution in [2.24, 2.45) is 0 Å². The summed E-state index contributed by atoms with van der Waals surface area (Å²) in [4.78, 5) is 14.3. The summed E-state index contributed by atoms with van der Waals surface area (Å²) in [7, 11) is -1.82. The molecule has 2 aromatic rings. The highest BCUT2D eigenvalue weighted by Gasteiger charge is 2.36. The van der Waals surface area contributed by atoms with Crippen LogP contribution < -0.4 is 9.04 Å². The van der Waals surface area contributed by atoms with Crippen LogP contribution in [0.2, 0.25) is 0 Å². The number of sulfonamides is 1. The lowest BCUT2D eigenvalue weighted by Gasteiger charge is -2.35. The van der Waals surface area contributed by atoms with Crippen molar-refractivity contribution >= 4 is 21.6 Å². The van der Waals surface area contributed by atoms with E-state index in [0.29, 0.717) is 18.0 Å². The summed E-state index contributed by atoms with van der Waals surface area (Å²) in [5.74, 6) is 0.137. The Bertz CT molecular complexity index is 868. The molecule has 1 aliphatic rings. The number of amides is 1. The molecule has 0 radical (unpaired) electrons. The minimum absolute atomic E-state index is 0.0339. The number of fused-ring (bicyclic) bond motifs is 1. The summed E-state index contributed by atoms with van der Waals surface area (Å²) in [6.07, 6.45) is 0.253. The van der Waals surface area contributed by atoms with Crippen LogP contribution in [0.15, 0.2) is 54.6 Å². The number of ether oxygens (including phenoxy) is 1. The molecule has 0 unspecified atom stereocenters. The average molecular weight is 360 g/mol.